The number of nitrogens with zero attached hydrogens (tertiary/aromatic N) is 1. The van der Waals surface area contributed by atoms with Crippen LogP contribution in [0.3, 0.4) is 0 Å². The third kappa shape index (κ3) is 4.29. The van der Waals surface area contributed by atoms with Gasteiger partial charge in [0.1, 0.15) is 0 Å². The number of esters is 1. The molecule has 7 nitrogen and oxygen atoms in total. The van der Waals surface area contributed by atoms with E-state index in [0.717, 1.165) is 9.78 Å². The van der Waals surface area contributed by atoms with Crippen LogP contribution in [0.25, 0.3) is 0 Å². The van der Waals surface area contributed by atoms with Crippen LogP contribution in [-0.2, 0) is 19.0 Å². The van der Waals surface area contributed by atoms with Gasteiger partial charge in [0.25, 0.3) is 0 Å². The Labute approximate surface area is 140 Å². The molecule has 0 aromatic heterocycles. The van der Waals surface area contributed by atoms with E-state index in [2.05, 4.69) is 0 Å². The van der Waals surface area contributed by atoms with Crippen molar-refractivity contribution in [2.24, 2.45) is 5.41 Å². The number of benzene rings is 1. The van der Waals surface area contributed by atoms with Crippen LogP contribution < -0.4 is 4.46 Å². The Hall–Kier alpha value is -1.47. The van der Waals surface area contributed by atoms with Gasteiger partial charge in [-0.3, -0.25) is 0 Å². The molecule has 2 atom stereocenters. The molecule has 0 unspecified atom stereocenters. The van der Waals surface area contributed by atoms with E-state index in [0.29, 0.717) is 13.0 Å². The first-order valence-electron chi connectivity index (χ1n) is 7.11. The summed E-state index contributed by atoms with van der Waals surface area (Å²) in [6.45, 7) is 2.27. The van der Waals surface area contributed by atoms with Gasteiger partial charge in [-0.2, -0.15) is 0 Å². The van der Waals surface area contributed by atoms with Crippen molar-refractivity contribution in [3.05, 3.63) is 34.4 Å². The van der Waals surface area contributed by atoms with Crippen molar-refractivity contribution in [1.82, 2.24) is 0 Å². The second-order valence-corrected chi connectivity index (χ2v) is 7.92. The molecule has 0 spiro atoms. The molecule has 0 bridgehead atoms. The Morgan fingerprint density at radius 1 is 1.48 bits per heavy atom. The quantitative estimate of drug-likeness (QED) is 0.219. The number of para-hydroxylation sites is 1. The second-order valence-electron chi connectivity index (χ2n) is 5.54. The van der Waals surface area contributed by atoms with Crippen molar-refractivity contribution in [2.45, 2.75) is 24.8 Å². The molecule has 0 N–H and O–H groups in total. The van der Waals surface area contributed by atoms with E-state index >= 15 is 0 Å². The molecule has 0 saturated carbocycles. The van der Waals surface area contributed by atoms with E-state index in [1.165, 1.54) is 13.2 Å². The molecule has 2 rings (SSSR count). The van der Waals surface area contributed by atoms with Crippen LogP contribution in [0.4, 0.5) is 5.69 Å². The molecule has 1 saturated heterocycles. The minimum absolute atomic E-state index is 0.0324. The minimum atomic E-state index is -0.649. The topological polar surface area (TPSA) is 87.9 Å². The van der Waals surface area contributed by atoms with Gasteiger partial charge in [0, 0.05) is 0 Å². The normalized spacial score (nSPS) is 23.7. The van der Waals surface area contributed by atoms with E-state index in [4.69, 9.17) is 14.2 Å². The van der Waals surface area contributed by atoms with Crippen LogP contribution in [0, 0.1) is 15.5 Å². The molecule has 1 aliphatic rings. The van der Waals surface area contributed by atoms with Crippen LogP contribution in [0.1, 0.15) is 13.3 Å². The summed E-state index contributed by atoms with van der Waals surface area (Å²) in [6.07, 6.45) is 0.0446. The molecule has 0 radical (unpaired) electrons. The van der Waals surface area contributed by atoms with Crippen molar-refractivity contribution in [2.75, 3.05) is 20.5 Å². The van der Waals surface area contributed by atoms with Gasteiger partial charge in [0.2, 0.25) is 0 Å². The van der Waals surface area contributed by atoms with Gasteiger partial charge in [-0.25, -0.2) is 0 Å². The van der Waals surface area contributed by atoms with Gasteiger partial charge in [-0.1, -0.05) is 0 Å². The van der Waals surface area contributed by atoms with Gasteiger partial charge in [-0.05, 0) is 0 Å². The van der Waals surface area contributed by atoms with E-state index in [-0.39, 0.29) is 38.3 Å². The number of hydrogen-bond acceptors (Lipinski definition) is 6. The fourth-order valence-electron chi connectivity index (χ4n) is 2.40. The van der Waals surface area contributed by atoms with Gasteiger partial charge in [-0.15, -0.1) is 0 Å². The number of nitro benzene ring substituents is 1. The van der Waals surface area contributed by atoms with Gasteiger partial charge >= 0.3 is 140 Å². The SMILES string of the molecule is COCO[C@@H]1C(=O)OC[C@]1(C)CC[Se]c1ccccc1[N+](=O)[O-]. The molecule has 0 amide bonds. The zero-order chi connectivity index (χ0) is 16.9. The molecular weight excluding hydrogens is 369 g/mol. The Morgan fingerprint density at radius 2 is 2.22 bits per heavy atom. The molecule has 1 heterocycles. The fourth-order valence-corrected chi connectivity index (χ4v) is 5.03. The van der Waals surface area contributed by atoms with Gasteiger partial charge < -0.3 is 0 Å². The number of hydrogen-bond donors (Lipinski definition) is 0. The Kier molecular flexibility index (Phi) is 6.12. The summed E-state index contributed by atoms with van der Waals surface area (Å²) in [5.74, 6) is -0.372. The van der Waals surface area contributed by atoms with E-state index in [9.17, 15) is 14.9 Å². The summed E-state index contributed by atoms with van der Waals surface area (Å²) in [5, 5.41) is 11.8. The zero-order valence-electron chi connectivity index (χ0n) is 13.0. The van der Waals surface area contributed by atoms with Crippen LogP contribution >= 0.6 is 0 Å². The van der Waals surface area contributed by atoms with Crippen molar-refractivity contribution in [1.29, 1.82) is 0 Å². The molecule has 1 aliphatic heterocycles. The number of methoxy groups -OCH3 is 1. The fraction of sp³-hybridized carbons (Fsp3) is 0.533. The predicted octanol–water partition coefficient (Wildman–Crippen LogP) is 1.28. The number of ether oxygens (including phenoxy) is 3. The molecule has 8 heteroatoms. The number of rotatable bonds is 8. The standard InChI is InChI=1S/C15H19NO6Se/c1-15(9-21-14(17)13(15)22-10-20-2)7-8-23-12-6-4-3-5-11(12)16(18)19/h3-6,13H,7-10H2,1-2H3/t13-,15+/m1/s1. The molecule has 1 aromatic carbocycles. The summed E-state index contributed by atoms with van der Waals surface area (Å²) in [7, 11) is 1.50. The van der Waals surface area contributed by atoms with Crippen LogP contribution in [-0.4, -0.2) is 52.5 Å². The first-order valence-corrected chi connectivity index (χ1v) is 9.18. The van der Waals surface area contributed by atoms with Gasteiger partial charge in [0.15, 0.2) is 0 Å². The van der Waals surface area contributed by atoms with E-state index in [1.807, 2.05) is 6.92 Å². The first kappa shape index (κ1) is 17.9. The van der Waals surface area contributed by atoms with Crippen LogP contribution in [0.2, 0.25) is 5.32 Å². The maximum absolute atomic E-state index is 11.8. The average Bonchev–Trinajstić information content (AvgIpc) is 2.81. The molecule has 23 heavy (non-hydrogen) atoms. The third-order valence-corrected chi connectivity index (χ3v) is 5.97. The Morgan fingerprint density at radius 3 is 2.91 bits per heavy atom. The second kappa shape index (κ2) is 7.88. The summed E-state index contributed by atoms with van der Waals surface area (Å²) < 4.78 is 16.2. The Balaban J connectivity index is 1.97. The maximum atomic E-state index is 11.8. The van der Waals surface area contributed by atoms with Crippen LogP contribution in [0.15, 0.2) is 24.3 Å². The van der Waals surface area contributed by atoms with E-state index in [1.54, 1.807) is 18.2 Å². The summed E-state index contributed by atoms with van der Waals surface area (Å²) in [6, 6.07) is 6.77. The first-order chi connectivity index (χ1) is 11.0. The molecule has 0 aliphatic carbocycles. The summed E-state index contributed by atoms with van der Waals surface area (Å²) in [5.41, 5.74) is -0.274. The predicted molar refractivity (Wildman–Crippen MR) is 83.7 cm³/mol. The number of carbonyl (C=O) groups is 1. The van der Waals surface area contributed by atoms with Crippen LogP contribution in [0.5, 0.6) is 0 Å². The summed E-state index contributed by atoms with van der Waals surface area (Å²) in [4.78, 5) is 22.5. The average molecular weight is 388 g/mol. The number of nitro groups is 1. The molecule has 1 aromatic rings. The third-order valence-electron chi connectivity index (χ3n) is 3.74. The number of carbonyl (C=O) groups excluding carboxylic acids is 1. The van der Waals surface area contributed by atoms with Crippen molar-refractivity contribution >= 4 is 31.1 Å². The van der Waals surface area contributed by atoms with Crippen molar-refractivity contribution in [3.8, 4) is 0 Å². The summed E-state index contributed by atoms with van der Waals surface area (Å²) >= 11 is -0.0515. The molecule has 126 valence electrons. The molecule has 1 fully saturated rings. The van der Waals surface area contributed by atoms with E-state index < -0.39 is 11.5 Å². The van der Waals surface area contributed by atoms with Gasteiger partial charge in [0.05, 0.1) is 0 Å². The monoisotopic (exact) mass is 389 g/mol. The van der Waals surface area contributed by atoms with Crippen molar-refractivity contribution in [3.63, 3.8) is 0 Å². The molecular formula is C15H19NO6Se. The van der Waals surface area contributed by atoms with Crippen molar-refractivity contribution < 1.29 is 23.9 Å². The zero-order valence-corrected chi connectivity index (χ0v) is 14.7. The Bertz CT molecular complexity index is 581. The number of cyclic esters (lactones) is 1.